The molecule has 0 saturated carbocycles. The summed E-state index contributed by atoms with van der Waals surface area (Å²) < 4.78 is 1.85. The lowest BCUT2D eigenvalue weighted by molar-refractivity contribution is 0.303. The van der Waals surface area contributed by atoms with E-state index in [-0.39, 0.29) is 6.04 Å². The molecule has 2 aromatic heterocycles. The van der Waals surface area contributed by atoms with Gasteiger partial charge in [0.2, 0.25) is 0 Å². The second-order valence-electron chi connectivity index (χ2n) is 7.05. The van der Waals surface area contributed by atoms with E-state index in [1.54, 1.807) is 0 Å². The Morgan fingerprint density at radius 1 is 1.33 bits per heavy atom. The van der Waals surface area contributed by atoms with Crippen molar-refractivity contribution in [3.63, 3.8) is 0 Å². The SMILES string of the molecule is CCNC(=NCC(c1cnn(C)c1)N(C)C)N1CCN(c2cccs2)CC1. The van der Waals surface area contributed by atoms with Crippen molar-refractivity contribution in [2.75, 3.05) is 58.3 Å². The van der Waals surface area contributed by atoms with Crippen molar-refractivity contribution in [2.45, 2.75) is 13.0 Å². The first kappa shape index (κ1) is 19.7. The molecular weight excluding hydrogens is 358 g/mol. The highest BCUT2D eigenvalue weighted by molar-refractivity contribution is 7.14. The molecule has 0 radical (unpaired) electrons. The molecular formula is C19H31N7S. The number of thiophene rings is 1. The molecule has 0 bridgehead atoms. The van der Waals surface area contributed by atoms with Gasteiger partial charge < -0.3 is 20.0 Å². The van der Waals surface area contributed by atoms with Gasteiger partial charge in [-0.1, -0.05) is 0 Å². The minimum absolute atomic E-state index is 0.222. The van der Waals surface area contributed by atoms with E-state index in [2.05, 4.69) is 69.8 Å². The first-order valence-electron chi connectivity index (χ1n) is 9.55. The molecule has 1 unspecified atom stereocenters. The molecule has 3 rings (SSSR count). The van der Waals surface area contributed by atoms with Gasteiger partial charge in [-0.3, -0.25) is 9.67 Å². The number of likely N-dealkylation sites (N-methyl/N-ethyl adjacent to an activating group) is 1. The van der Waals surface area contributed by atoms with Crippen LogP contribution in [0.1, 0.15) is 18.5 Å². The van der Waals surface area contributed by atoms with Crippen molar-refractivity contribution in [2.24, 2.45) is 12.0 Å². The van der Waals surface area contributed by atoms with Crippen LogP contribution in [0.2, 0.25) is 0 Å². The largest absolute Gasteiger partial charge is 0.360 e. The molecule has 1 N–H and O–H groups in total. The Hall–Kier alpha value is -2.06. The molecule has 27 heavy (non-hydrogen) atoms. The highest BCUT2D eigenvalue weighted by Crippen LogP contribution is 2.22. The number of guanidine groups is 1. The van der Waals surface area contributed by atoms with Gasteiger partial charge in [-0.2, -0.15) is 5.10 Å². The van der Waals surface area contributed by atoms with E-state index in [4.69, 9.17) is 4.99 Å². The monoisotopic (exact) mass is 389 g/mol. The van der Waals surface area contributed by atoms with Crippen LogP contribution >= 0.6 is 11.3 Å². The van der Waals surface area contributed by atoms with Crippen LogP contribution in [0, 0.1) is 0 Å². The van der Waals surface area contributed by atoms with Crippen LogP contribution in [0.15, 0.2) is 34.9 Å². The molecule has 1 atom stereocenters. The third-order valence-corrected chi connectivity index (χ3v) is 5.81. The smallest absolute Gasteiger partial charge is 0.194 e. The van der Waals surface area contributed by atoms with E-state index < -0.39 is 0 Å². The molecule has 0 spiro atoms. The predicted molar refractivity (Wildman–Crippen MR) is 114 cm³/mol. The lowest BCUT2D eigenvalue weighted by Crippen LogP contribution is -2.52. The molecule has 148 valence electrons. The first-order chi connectivity index (χ1) is 13.1. The number of nitrogens with zero attached hydrogens (tertiary/aromatic N) is 6. The fourth-order valence-electron chi connectivity index (χ4n) is 3.37. The Bertz CT molecular complexity index is 714. The van der Waals surface area contributed by atoms with Crippen LogP contribution < -0.4 is 10.2 Å². The average molecular weight is 390 g/mol. The number of rotatable bonds is 6. The van der Waals surface area contributed by atoms with Gasteiger partial charge >= 0.3 is 0 Å². The number of anilines is 1. The Kier molecular flexibility index (Phi) is 6.73. The summed E-state index contributed by atoms with van der Waals surface area (Å²) in [5.74, 6) is 1.01. The number of piperazine rings is 1. The lowest BCUT2D eigenvalue weighted by atomic mass is 10.1. The maximum atomic E-state index is 4.97. The Balaban J connectivity index is 1.65. The summed E-state index contributed by atoms with van der Waals surface area (Å²) in [6.45, 7) is 7.76. The van der Waals surface area contributed by atoms with Crippen molar-refractivity contribution < 1.29 is 0 Å². The molecule has 3 heterocycles. The molecule has 8 heteroatoms. The average Bonchev–Trinajstić information content (AvgIpc) is 3.33. The maximum Gasteiger partial charge on any atom is 0.194 e. The maximum absolute atomic E-state index is 4.97. The van der Waals surface area contributed by atoms with E-state index in [0.717, 1.165) is 38.7 Å². The number of aromatic nitrogens is 2. The van der Waals surface area contributed by atoms with Gasteiger partial charge in [-0.05, 0) is 38.5 Å². The quantitative estimate of drug-likeness (QED) is 0.604. The number of hydrogen-bond donors (Lipinski definition) is 1. The number of aryl methyl sites for hydroxylation is 1. The number of aliphatic imine (C=N–C) groups is 1. The molecule has 2 aromatic rings. The molecule has 0 amide bonds. The zero-order chi connectivity index (χ0) is 19.2. The summed E-state index contributed by atoms with van der Waals surface area (Å²) in [5.41, 5.74) is 1.20. The van der Waals surface area contributed by atoms with Gasteiger partial charge in [0.05, 0.1) is 23.8 Å². The Morgan fingerprint density at radius 2 is 2.11 bits per heavy atom. The highest BCUT2D eigenvalue weighted by atomic mass is 32.1. The lowest BCUT2D eigenvalue weighted by Gasteiger charge is -2.37. The minimum atomic E-state index is 0.222. The van der Waals surface area contributed by atoms with Gasteiger partial charge in [0.15, 0.2) is 5.96 Å². The summed E-state index contributed by atoms with van der Waals surface area (Å²) in [7, 11) is 6.15. The molecule has 0 aromatic carbocycles. The van der Waals surface area contributed by atoms with E-state index in [9.17, 15) is 0 Å². The third-order valence-electron chi connectivity index (χ3n) is 4.88. The molecule has 1 saturated heterocycles. The van der Waals surface area contributed by atoms with Gasteiger partial charge in [-0.25, -0.2) is 0 Å². The van der Waals surface area contributed by atoms with Crippen LogP contribution in [0.3, 0.4) is 0 Å². The van der Waals surface area contributed by atoms with Crippen molar-refractivity contribution >= 4 is 22.3 Å². The highest BCUT2D eigenvalue weighted by Gasteiger charge is 2.21. The summed E-state index contributed by atoms with van der Waals surface area (Å²) >= 11 is 1.81. The zero-order valence-corrected chi connectivity index (χ0v) is 17.6. The summed E-state index contributed by atoms with van der Waals surface area (Å²) in [4.78, 5) is 12.0. The van der Waals surface area contributed by atoms with Crippen LogP contribution in [0.4, 0.5) is 5.00 Å². The van der Waals surface area contributed by atoms with Gasteiger partial charge in [0.25, 0.3) is 0 Å². The minimum Gasteiger partial charge on any atom is -0.360 e. The Labute approximate surface area is 166 Å². The van der Waals surface area contributed by atoms with Crippen LogP contribution in [-0.2, 0) is 7.05 Å². The van der Waals surface area contributed by atoms with Crippen LogP contribution in [0.5, 0.6) is 0 Å². The van der Waals surface area contributed by atoms with E-state index in [1.165, 1.54) is 10.6 Å². The normalized spacial score (nSPS) is 16.9. The van der Waals surface area contributed by atoms with Crippen molar-refractivity contribution in [3.8, 4) is 0 Å². The first-order valence-corrected chi connectivity index (χ1v) is 10.4. The number of nitrogens with one attached hydrogen (secondary N) is 1. The van der Waals surface area contributed by atoms with Gasteiger partial charge in [0, 0.05) is 51.5 Å². The van der Waals surface area contributed by atoms with Gasteiger partial charge in [-0.15, -0.1) is 11.3 Å². The molecule has 0 aliphatic carbocycles. The summed E-state index contributed by atoms with van der Waals surface area (Å²) in [5, 5.41) is 11.3. The molecule has 1 aliphatic heterocycles. The van der Waals surface area contributed by atoms with Crippen molar-refractivity contribution in [1.82, 2.24) is 24.9 Å². The molecule has 7 nitrogen and oxygen atoms in total. The summed E-state index contributed by atoms with van der Waals surface area (Å²) in [6.07, 6.45) is 4.01. The fraction of sp³-hybridized carbons (Fsp3) is 0.579. The predicted octanol–water partition coefficient (Wildman–Crippen LogP) is 1.87. The van der Waals surface area contributed by atoms with Crippen LogP contribution in [0.25, 0.3) is 0 Å². The fourth-order valence-corrected chi connectivity index (χ4v) is 4.15. The number of hydrogen-bond acceptors (Lipinski definition) is 5. The van der Waals surface area contributed by atoms with Crippen molar-refractivity contribution in [1.29, 1.82) is 0 Å². The molecule has 1 fully saturated rings. The van der Waals surface area contributed by atoms with E-state index in [0.29, 0.717) is 6.54 Å². The van der Waals surface area contributed by atoms with Gasteiger partial charge in [0.1, 0.15) is 0 Å². The standard InChI is InChI=1S/C19H31N7S/c1-5-20-19(21-14-17(23(2)3)16-13-22-24(4)15-16)26-10-8-25(9-11-26)18-7-6-12-27-18/h6-7,12-13,15,17H,5,8-11,14H2,1-4H3,(H,20,21). The van der Waals surface area contributed by atoms with E-state index in [1.807, 2.05) is 29.3 Å². The second-order valence-corrected chi connectivity index (χ2v) is 7.97. The topological polar surface area (TPSA) is 51.9 Å². The summed E-state index contributed by atoms with van der Waals surface area (Å²) in [6, 6.07) is 4.55. The Morgan fingerprint density at radius 3 is 2.67 bits per heavy atom. The molecule has 1 aliphatic rings. The third kappa shape index (κ3) is 5.01. The zero-order valence-electron chi connectivity index (χ0n) is 16.8. The van der Waals surface area contributed by atoms with Crippen molar-refractivity contribution in [3.05, 3.63) is 35.5 Å². The second kappa shape index (κ2) is 9.23. The van der Waals surface area contributed by atoms with E-state index >= 15 is 0 Å². The van der Waals surface area contributed by atoms with Crippen LogP contribution in [-0.4, -0.2) is 78.9 Å².